The molecule has 0 aliphatic heterocycles. The van der Waals surface area contributed by atoms with Gasteiger partial charge >= 0.3 is 6.18 Å². The molecule has 0 amide bonds. The minimum atomic E-state index is -4.48. The molecule has 1 heterocycles. The van der Waals surface area contributed by atoms with Crippen molar-refractivity contribution in [1.29, 1.82) is 0 Å². The quantitative estimate of drug-likeness (QED) is 0.814. The molecule has 0 radical (unpaired) electrons. The SMILES string of the molecule is CCNC(c1cccs1)c1cc(C(F)(F)F)ccc1F. The molecule has 0 fully saturated rings. The van der Waals surface area contributed by atoms with E-state index in [-0.39, 0.29) is 5.56 Å². The Labute approximate surface area is 118 Å². The van der Waals surface area contributed by atoms with Gasteiger partial charge in [0.25, 0.3) is 0 Å². The van der Waals surface area contributed by atoms with Gasteiger partial charge in [-0.2, -0.15) is 13.2 Å². The average Bonchev–Trinajstić information content (AvgIpc) is 2.89. The molecule has 1 atom stereocenters. The summed E-state index contributed by atoms with van der Waals surface area (Å²) < 4.78 is 52.2. The maximum absolute atomic E-state index is 13.9. The van der Waals surface area contributed by atoms with Gasteiger partial charge in [0, 0.05) is 10.4 Å². The van der Waals surface area contributed by atoms with Crippen molar-refractivity contribution in [3.63, 3.8) is 0 Å². The molecular formula is C14H13F4NS. The van der Waals surface area contributed by atoms with Gasteiger partial charge in [-0.05, 0) is 36.2 Å². The third-order valence-corrected chi connectivity index (χ3v) is 3.81. The fourth-order valence-electron chi connectivity index (χ4n) is 1.96. The molecule has 1 aromatic heterocycles. The number of nitrogens with one attached hydrogen (secondary N) is 1. The van der Waals surface area contributed by atoms with Gasteiger partial charge in [0.15, 0.2) is 0 Å². The lowest BCUT2D eigenvalue weighted by Gasteiger charge is -2.19. The predicted octanol–water partition coefficient (Wildman–Crippen LogP) is 4.60. The molecule has 1 nitrogen and oxygen atoms in total. The molecule has 6 heteroatoms. The molecule has 0 bridgehead atoms. The fraction of sp³-hybridized carbons (Fsp3) is 0.286. The summed E-state index contributed by atoms with van der Waals surface area (Å²) in [4.78, 5) is 0.782. The van der Waals surface area contributed by atoms with Crippen molar-refractivity contribution in [3.05, 3.63) is 57.5 Å². The maximum atomic E-state index is 13.9. The lowest BCUT2D eigenvalue weighted by molar-refractivity contribution is -0.137. The van der Waals surface area contributed by atoms with Gasteiger partial charge in [0.05, 0.1) is 11.6 Å². The molecule has 0 spiro atoms. The molecule has 2 rings (SSSR count). The van der Waals surface area contributed by atoms with Crippen LogP contribution in [0.4, 0.5) is 17.6 Å². The van der Waals surface area contributed by atoms with Gasteiger partial charge in [-0.15, -0.1) is 11.3 Å². The zero-order valence-corrected chi connectivity index (χ0v) is 11.5. The van der Waals surface area contributed by atoms with E-state index in [0.717, 1.165) is 23.1 Å². The lowest BCUT2D eigenvalue weighted by Crippen LogP contribution is -2.22. The Balaban J connectivity index is 2.48. The Hall–Kier alpha value is -1.40. The van der Waals surface area contributed by atoms with Gasteiger partial charge < -0.3 is 5.32 Å². The number of benzene rings is 1. The zero-order chi connectivity index (χ0) is 14.8. The van der Waals surface area contributed by atoms with E-state index < -0.39 is 23.6 Å². The number of hydrogen-bond acceptors (Lipinski definition) is 2. The summed E-state index contributed by atoms with van der Waals surface area (Å²) >= 11 is 1.38. The van der Waals surface area contributed by atoms with E-state index >= 15 is 0 Å². The topological polar surface area (TPSA) is 12.0 Å². The Morgan fingerprint density at radius 1 is 1.25 bits per heavy atom. The van der Waals surface area contributed by atoms with Crippen LogP contribution in [-0.2, 0) is 6.18 Å². The van der Waals surface area contributed by atoms with Crippen LogP contribution in [0.3, 0.4) is 0 Å². The lowest BCUT2D eigenvalue weighted by atomic mass is 10.0. The highest BCUT2D eigenvalue weighted by Gasteiger charge is 2.32. The van der Waals surface area contributed by atoms with E-state index in [0.29, 0.717) is 6.54 Å². The molecule has 20 heavy (non-hydrogen) atoms. The third kappa shape index (κ3) is 3.19. The first kappa shape index (κ1) is 15.0. The van der Waals surface area contributed by atoms with E-state index in [2.05, 4.69) is 5.32 Å². The molecule has 108 valence electrons. The van der Waals surface area contributed by atoms with Crippen molar-refractivity contribution in [2.75, 3.05) is 6.54 Å². The van der Waals surface area contributed by atoms with Gasteiger partial charge in [-0.3, -0.25) is 0 Å². The van der Waals surface area contributed by atoms with Crippen LogP contribution in [0, 0.1) is 5.82 Å². The average molecular weight is 303 g/mol. The summed E-state index contributed by atoms with van der Waals surface area (Å²) in [6.45, 7) is 2.35. The van der Waals surface area contributed by atoms with E-state index in [4.69, 9.17) is 0 Å². The first-order valence-corrected chi connectivity index (χ1v) is 6.95. The second-order valence-corrected chi connectivity index (χ2v) is 5.22. The van der Waals surface area contributed by atoms with Crippen molar-refractivity contribution in [2.24, 2.45) is 0 Å². The summed E-state index contributed by atoms with van der Waals surface area (Å²) in [6, 6.07) is 5.50. The van der Waals surface area contributed by atoms with Crippen molar-refractivity contribution < 1.29 is 17.6 Å². The Bertz CT molecular complexity index is 563. The number of thiophene rings is 1. The summed E-state index contributed by atoms with van der Waals surface area (Å²) in [5, 5.41) is 4.83. The summed E-state index contributed by atoms with van der Waals surface area (Å²) in [6.07, 6.45) is -4.48. The molecule has 1 unspecified atom stereocenters. The number of halogens is 4. The standard InChI is InChI=1S/C14H13F4NS/c1-2-19-13(12-4-3-7-20-12)10-8-9(14(16,17)18)5-6-11(10)15/h3-8,13,19H,2H2,1H3. The van der Waals surface area contributed by atoms with Crippen molar-refractivity contribution in [1.82, 2.24) is 5.32 Å². The molecule has 0 aliphatic rings. The maximum Gasteiger partial charge on any atom is 0.416 e. The third-order valence-electron chi connectivity index (χ3n) is 2.87. The minimum Gasteiger partial charge on any atom is -0.306 e. The predicted molar refractivity (Wildman–Crippen MR) is 71.2 cm³/mol. The van der Waals surface area contributed by atoms with E-state index in [9.17, 15) is 17.6 Å². The second kappa shape index (κ2) is 5.93. The normalized spacial score (nSPS) is 13.4. The molecule has 0 aliphatic carbocycles. The molecule has 2 aromatic rings. The van der Waals surface area contributed by atoms with Gasteiger partial charge in [0.2, 0.25) is 0 Å². The number of rotatable bonds is 4. The number of hydrogen-bond donors (Lipinski definition) is 1. The van der Waals surface area contributed by atoms with E-state index in [1.165, 1.54) is 11.3 Å². The van der Waals surface area contributed by atoms with Crippen LogP contribution in [0.5, 0.6) is 0 Å². The first-order chi connectivity index (χ1) is 9.43. The molecular weight excluding hydrogens is 290 g/mol. The highest BCUT2D eigenvalue weighted by molar-refractivity contribution is 7.10. The van der Waals surface area contributed by atoms with Crippen LogP contribution < -0.4 is 5.32 Å². The molecule has 1 N–H and O–H groups in total. The fourth-order valence-corrected chi connectivity index (χ4v) is 2.78. The van der Waals surface area contributed by atoms with Crippen LogP contribution in [0.15, 0.2) is 35.7 Å². The van der Waals surface area contributed by atoms with Crippen LogP contribution in [0.1, 0.15) is 29.0 Å². The zero-order valence-electron chi connectivity index (χ0n) is 10.7. The van der Waals surface area contributed by atoms with E-state index in [1.807, 2.05) is 12.3 Å². The van der Waals surface area contributed by atoms with E-state index in [1.54, 1.807) is 12.1 Å². The largest absolute Gasteiger partial charge is 0.416 e. The first-order valence-electron chi connectivity index (χ1n) is 6.07. The Morgan fingerprint density at radius 2 is 2.00 bits per heavy atom. The number of alkyl halides is 3. The Morgan fingerprint density at radius 3 is 2.55 bits per heavy atom. The van der Waals surface area contributed by atoms with Crippen LogP contribution in [0.2, 0.25) is 0 Å². The van der Waals surface area contributed by atoms with Crippen LogP contribution in [-0.4, -0.2) is 6.54 Å². The van der Waals surface area contributed by atoms with Crippen LogP contribution >= 0.6 is 11.3 Å². The Kier molecular flexibility index (Phi) is 4.45. The minimum absolute atomic E-state index is 0.0177. The highest BCUT2D eigenvalue weighted by Crippen LogP contribution is 2.34. The summed E-state index contributed by atoms with van der Waals surface area (Å²) in [7, 11) is 0. The second-order valence-electron chi connectivity index (χ2n) is 4.24. The molecule has 0 saturated carbocycles. The van der Waals surface area contributed by atoms with Crippen molar-refractivity contribution in [3.8, 4) is 0 Å². The molecule has 0 saturated heterocycles. The van der Waals surface area contributed by atoms with Crippen molar-refractivity contribution in [2.45, 2.75) is 19.1 Å². The van der Waals surface area contributed by atoms with Gasteiger partial charge in [-0.1, -0.05) is 13.0 Å². The summed E-state index contributed by atoms with van der Waals surface area (Å²) in [5.41, 5.74) is -0.822. The van der Waals surface area contributed by atoms with Gasteiger partial charge in [-0.25, -0.2) is 4.39 Å². The van der Waals surface area contributed by atoms with Gasteiger partial charge in [0.1, 0.15) is 5.82 Å². The van der Waals surface area contributed by atoms with Crippen molar-refractivity contribution >= 4 is 11.3 Å². The summed E-state index contributed by atoms with van der Waals surface area (Å²) in [5.74, 6) is -0.641. The van der Waals surface area contributed by atoms with Crippen LogP contribution in [0.25, 0.3) is 0 Å². The smallest absolute Gasteiger partial charge is 0.306 e. The molecule has 1 aromatic carbocycles. The monoisotopic (exact) mass is 303 g/mol. The highest BCUT2D eigenvalue weighted by atomic mass is 32.1.